The number of carboxylic acid groups (broad SMARTS) is 1. The molecule has 1 aliphatic heterocycles. The number of nitrogens with zero attached hydrogens (tertiary/aromatic N) is 2. The Balaban J connectivity index is 2.56. The van der Waals surface area contributed by atoms with E-state index in [1.807, 2.05) is 25.9 Å². The van der Waals surface area contributed by atoms with E-state index < -0.39 is 12.0 Å². The summed E-state index contributed by atoms with van der Waals surface area (Å²) in [5.74, 6) is -0.990. The number of rotatable bonds is 5. The molecule has 3 unspecified atom stereocenters. The second-order valence-electron chi connectivity index (χ2n) is 5.10. The molecule has 1 heterocycles. The number of carbonyl (C=O) groups excluding carboxylic acids is 1. The number of hydrogen-bond acceptors (Lipinski definition) is 4. The van der Waals surface area contributed by atoms with Gasteiger partial charge < -0.3 is 25.0 Å². The molecule has 1 fully saturated rings. The monoisotopic (exact) mass is 273 g/mol. The molecule has 7 nitrogen and oxygen atoms in total. The molecule has 1 saturated heterocycles. The molecule has 19 heavy (non-hydrogen) atoms. The molecule has 0 radical (unpaired) electrons. The number of hydrogen-bond donors (Lipinski definition) is 2. The lowest BCUT2D eigenvalue weighted by Gasteiger charge is -2.25. The number of aliphatic carboxylic acids is 1. The van der Waals surface area contributed by atoms with Crippen LogP contribution in [0.1, 0.15) is 13.3 Å². The van der Waals surface area contributed by atoms with Gasteiger partial charge in [0, 0.05) is 32.7 Å². The Morgan fingerprint density at radius 3 is 2.63 bits per heavy atom. The molecule has 1 aliphatic rings. The van der Waals surface area contributed by atoms with Gasteiger partial charge in [-0.2, -0.15) is 0 Å². The van der Waals surface area contributed by atoms with E-state index in [-0.39, 0.29) is 18.2 Å². The molecule has 0 spiro atoms. The summed E-state index contributed by atoms with van der Waals surface area (Å²) in [5, 5.41) is 11.9. The van der Waals surface area contributed by atoms with Crippen LogP contribution in [0.3, 0.4) is 0 Å². The molecular formula is C12H23N3O4. The molecule has 2 N–H and O–H groups in total. The molecular weight excluding hydrogens is 250 g/mol. The minimum Gasteiger partial charge on any atom is -0.480 e. The first-order valence-corrected chi connectivity index (χ1v) is 6.33. The van der Waals surface area contributed by atoms with Gasteiger partial charge in [0.15, 0.2) is 0 Å². The number of likely N-dealkylation sites (tertiary alicyclic amines) is 1. The summed E-state index contributed by atoms with van der Waals surface area (Å²) < 4.78 is 5.14. The number of urea groups is 1. The maximum atomic E-state index is 12.0. The second-order valence-corrected chi connectivity index (χ2v) is 5.10. The fourth-order valence-corrected chi connectivity index (χ4v) is 1.95. The van der Waals surface area contributed by atoms with E-state index in [1.54, 1.807) is 0 Å². The highest BCUT2D eigenvalue weighted by molar-refractivity contribution is 5.83. The number of carbonyl (C=O) groups is 2. The Morgan fingerprint density at radius 2 is 2.16 bits per heavy atom. The molecule has 0 aromatic rings. The van der Waals surface area contributed by atoms with E-state index >= 15 is 0 Å². The van der Waals surface area contributed by atoms with Gasteiger partial charge in [-0.15, -0.1) is 0 Å². The van der Waals surface area contributed by atoms with Crippen molar-refractivity contribution in [3.63, 3.8) is 0 Å². The number of ether oxygens (including phenoxy) is 1. The van der Waals surface area contributed by atoms with Crippen LogP contribution in [0.25, 0.3) is 0 Å². The zero-order valence-corrected chi connectivity index (χ0v) is 11.9. The first-order chi connectivity index (χ1) is 8.86. The highest BCUT2D eigenvalue weighted by atomic mass is 16.5. The van der Waals surface area contributed by atoms with Crippen LogP contribution in [-0.4, -0.2) is 79.4 Å². The summed E-state index contributed by atoms with van der Waals surface area (Å²) in [7, 11) is 5.38. The molecule has 0 aliphatic carbocycles. The molecule has 0 saturated carbocycles. The Hall–Kier alpha value is -1.34. The van der Waals surface area contributed by atoms with E-state index in [1.165, 1.54) is 12.0 Å². The van der Waals surface area contributed by atoms with E-state index in [0.29, 0.717) is 19.5 Å². The summed E-state index contributed by atoms with van der Waals surface area (Å²) in [5.41, 5.74) is 0. The van der Waals surface area contributed by atoms with Gasteiger partial charge in [0.2, 0.25) is 0 Å². The first kappa shape index (κ1) is 15.7. The predicted molar refractivity (Wildman–Crippen MR) is 70.1 cm³/mol. The van der Waals surface area contributed by atoms with Gasteiger partial charge in [0.1, 0.15) is 6.04 Å². The molecule has 0 aromatic heterocycles. The van der Waals surface area contributed by atoms with Crippen molar-refractivity contribution in [2.75, 3.05) is 34.3 Å². The standard InChI is InChI=1S/C12H23N3O4/c1-8(14(2)3)6-13-12(18)15-7-9(19-4)5-10(15)11(16)17/h8-10H,5-7H2,1-4H3,(H,13,18)(H,16,17). The fraction of sp³-hybridized carbons (Fsp3) is 0.833. The average molecular weight is 273 g/mol. The van der Waals surface area contributed by atoms with Gasteiger partial charge in [0.25, 0.3) is 0 Å². The lowest BCUT2D eigenvalue weighted by atomic mass is 10.2. The van der Waals surface area contributed by atoms with Gasteiger partial charge in [-0.3, -0.25) is 0 Å². The van der Waals surface area contributed by atoms with Crippen molar-refractivity contribution in [1.82, 2.24) is 15.1 Å². The van der Waals surface area contributed by atoms with E-state index in [2.05, 4.69) is 5.32 Å². The molecule has 7 heteroatoms. The predicted octanol–water partition coefficient (Wildman–Crippen LogP) is -0.180. The van der Waals surface area contributed by atoms with Crippen LogP contribution in [0.2, 0.25) is 0 Å². The Bertz CT molecular complexity index is 335. The maximum Gasteiger partial charge on any atom is 0.326 e. The summed E-state index contributed by atoms with van der Waals surface area (Å²) >= 11 is 0. The van der Waals surface area contributed by atoms with Crippen LogP contribution < -0.4 is 5.32 Å². The first-order valence-electron chi connectivity index (χ1n) is 6.33. The largest absolute Gasteiger partial charge is 0.480 e. The Kier molecular flexibility index (Phi) is 5.56. The van der Waals surface area contributed by atoms with Gasteiger partial charge in [-0.25, -0.2) is 9.59 Å². The second kappa shape index (κ2) is 6.72. The van der Waals surface area contributed by atoms with Crippen molar-refractivity contribution in [2.45, 2.75) is 31.5 Å². The summed E-state index contributed by atoms with van der Waals surface area (Å²) in [6.45, 7) is 2.78. The van der Waals surface area contributed by atoms with Crippen LogP contribution in [0.5, 0.6) is 0 Å². The van der Waals surface area contributed by atoms with Crippen molar-refractivity contribution >= 4 is 12.0 Å². The molecule has 2 amide bonds. The molecule has 0 aromatic carbocycles. The lowest BCUT2D eigenvalue weighted by molar-refractivity contribution is -0.141. The Morgan fingerprint density at radius 1 is 1.53 bits per heavy atom. The minimum absolute atomic E-state index is 0.188. The highest BCUT2D eigenvalue weighted by Gasteiger charge is 2.39. The zero-order valence-electron chi connectivity index (χ0n) is 11.9. The smallest absolute Gasteiger partial charge is 0.326 e. The SMILES string of the molecule is COC1CC(C(=O)O)N(C(=O)NCC(C)N(C)C)C1. The van der Waals surface area contributed by atoms with Gasteiger partial charge in [0.05, 0.1) is 6.10 Å². The Labute approximate surface area is 113 Å². The van der Waals surface area contributed by atoms with Crippen molar-refractivity contribution < 1.29 is 19.4 Å². The normalized spacial score (nSPS) is 24.6. The van der Waals surface area contributed by atoms with Crippen molar-refractivity contribution in [3.8, 4) is 0 Å². The highest BCUT2D eigenvalue weighted by Crippen LogP contribution is 2.20. The summed E-state index contributed by atoms with van der Waals surface area (Å²) in [6.07, 6.45) is 0.126. The van der Waals surface area contributed by atoms with E-state index in [9.17, 15) is 9.59 Å². The quantitative estimate of drug-likeness (QED) is 0.726. The van der Waals surface area contributed by atoms with Crippen molar-refractivity contribution in [3.05, 3.63) is 0 Å². The van der Waals surface area contributed by atoms with Gasteiger partial charge in [-0.1, -0.05) is 0 Å². The number of nitrogens with one attached hydrogen (secondary N) is 1. The van der Waals surface area contributed by atoms with Crippen LogP contribution in [0.4, 0.5) is 4.79 Å². The average Bonchev–Trinajstić information content (AvgIpc) is 2.79. The van der Waals surface area contributed by atoms with Crippen LogP contribution >= 0.6 is 0 Å². The third kappa shape index (κ3) is 4.07. The third-order valence-electron chi connectivity index (χ3n) is 3.57. The zero-order chi connectivity index (χ0) is 14.6. The van der Waals surface area contributed by atoms with E-state index in [0.717, 1.165) is 0 Å². The number of amides is 2. The number of methoxy groups -OCH3 is 1. The van der Waals surface area contributed by atoms with Crippen LogP contribution in [0, 0.1) is 0 Å². The van der Waals surface area contributed by atoms with Crippen LogP contribution in [0.15, 0.2) is 0 Å². The van der Waals surface area contributed by atoms with E-state index in [4.69, 9.17) is 9.84 Å². The van der Waals surface area contributed by atoms with Gasteiger partial charge >= 0.3 is 12.0 Å². The number of likely N-dealkylation sites (N-methyl/N-ethyl adjacent to an activating group) is 1. The summed E-state index contributed by atoms with van der Waals surface area (Å²) in [6, 6.07) is -0.965. The molecule has 110 valence electrons. The lowest BCUT2D eigenvalue weighted by Crippen LogP contribution is -2.49. The van der Waals surface area contributed by atoms with Crippen molar-refractivity contribution in [1.29, 1.82) is 0 Å². The topological polar surface area (TPSA) is 82.1 Å². The minimum atomic E-state index is -0.990. The maximum absolute atomic E-state index is 12.0. The van der Waals surface area contributed by atoms with Crippen LogP contribution in [-0.2, 0) is 9.53 Å². The molecule has 0 bridgehead atoms. The molecule has 1 rings (SSSR count). The fourth-order valence-electron chi connectivity index (χ4n) is 1.95. The third-order valence-corrected chi connectivity index (χ3v) is 3.57. The van der Waals surface area contributed by atoms with Gasteiger partial charge in [-0.05, 0) is 21.0 Å². The number of carboxylic acids is 1. The molecule has 3 atom stereocenters. The van der Waals surface area contributed by atoms with Crippen molar-refractivity contribution in [2.24, 2.45) is 0 Å². The summed E-state index contributed by atoms with van der Waals surface area (Å²) in [4.78, 5) is 26.5.